The zero-order valence-electron chi connectivity index (χ0n) is 9.58. The van der Waals surface area contributed by atoms with Crippen LogP contribution in [0.1, 0.15) is 16.8 Å². The summed E-state index contributed by atoms with van der Waals surface area (Å²) in [6.45, 7) is 1.32. The molecule has 0 saturated heterocycles. The Hall–Kier alpha value is -1.76. The molecule has 1 amide bonds. The number of aromatic nitrogens is 4. The number of nitrogens with zero attached hydrogens (tertiary/aromatic N) is 4. The molecule has 18 heavy (non-hydrogen) atoms. The molecule has 0 bridgehead atoms. The van der Waals surface area contributed by atoms with Crippen LogP contribution < -0.4 is 5.32 Å². The second-order valence-corrected chi connectivity index (χ2v) is 4.58. The van der Waals surface area contributed by atoms with Crippen LogP contribution in [0.3, 0.4) is 0 Å². The topological polar surface area (TPSA) is 72.7 Å². The molecule has 0 aliphatic heterocycles. The number of rotatable bonds is 5. The van der Waals surface area contributed by atoms with Crippen molar-refractivity contribution in [1.29, 1.82) is 0 Å². The van der Waals surface area contributed by atoms with Crippen LogP contribution in [0.5, 0.6) is 0 Å². The van der Waals surface area contributed by atoms with E-state index in [4.69, 9.17) is 0 Å². The Kier molecular flexibility index (Phi) is 4.40. The molecule has 94 valence electrons. The first-order valence-electron chi connectivity index (χ1n) is 5.47. The van der Waals surface area contributed by atoms with Gasteiger partial charge in [0, 0.05) is 30.0 Å². The Morgan fingerprint density at radius 1 is 1.39 bits per heavy atom. The SMILES string of the molecule is O=C(NCCCn1cncn1)c1cncc(Br)c1. The number of hydrogen-bond acceptors (Lipinski definition) is 4. The van der Waals surface area contributed by atoms with E-state index in [0.717, 1.165) is 17.4 Å². The van der Waals surface area contributed by atoms with E-state index >= 15 is 0 Å². The van der Waals surface area contributed by atoms with Crippen LogP contribution in [0.2, 0.25) is 0 Å². The van der Waals surface area contributed by atoms with Gasteiger partial charge < -0.3 is 5.32 Å². The highest BCUT2D eigenvalue weighted by atomic mass is 79.9. The van der Waals surface area contributed by atoms with Crippen LogP contribution in [0.15, 0.2) is 35.6 Å². The van der Waals surface area contributed by atoms with E-state index in [2.05, 4.69) is 36.3 Å². The molecule has 0 aliphatic rings. The molecule has 0 spiro atoms. The van der Waals surface area contributed by atoms with Gasteiger partial charge >= 0.3 is 0 Å². The fraction of sp³-hybridized carbons (Fsp3) is 0.273. The van der Waals surface area contributed by atoms with Crippen LogP contribution in [-0.4, -0.2) is 32.2 Å². The van der Waals surface area contributed by atoms with Crippen LogP contribution in [0.4, 0.5) is 0 Å². The zero-order valence-corrected chi connectivity index (χ0v) is 11.2. The van der Waals surface area contributed by atoms with E-state index in [-0.39, 0.29) is 5.91 Å². The first-order valence-corrected chi connectivity index (χ1v) is 6.26. The van der Waals surface area contributed by atoms with E-state index in [0.29, 0.717) is 12.1 Å². The maximum absolute atomic E-state index is 11.8. The summed E-state index contributed by atoms with van der Waals surface area (Å²) in [5.74, 6) is -0.123. The van der Waals surface area contributed by atoms with E-state index in [1.54, 1.807) is 23.3 Å². The Labute approximate surface area is 113 Å². The minimum absolute atomic E-state index is 0.123. The lowest BCUT2D eigenvalue weighted by molar-refractivity contribution is 0.0952. The normalized spacial score (nSPS) is 10.3. The fourth-order valence-corrected chi connectivity index (χ4v) is 1.79. The number of hydrogen-bond donors (Lipinski definition) is 1. The van der Waals surface area contributed by atoms with Crippen LogP contribution in [-0.2, 0) is 6.54 Å². The van der Waals surface area contributed by atoms with Gasteiger partial charge in [0.25, 0.3) is 5.91 Å². The minimum Gasteiger partial charge on any atom is -0.352 e. The van der Waals surface area contributed by atoms with E-state index in [9.17, 15) is 4.79 Å². The molecule has 1 N–H and O–H groups in total. The maximum Gasteiger partial charge on any atom is 0.252 e. The lowest BCUT2D eigenvalue weighted by Crippen LogP contribution is -2.25. The van der Waals surface area contributed by atoms with E-state index in [1.807, 2.05) is 0 Å². The van der Waals surface area contributed by atoms with Crippen molar-refractivity contribution in [3.63, 3.8) is 0 Å². The first-order chi connectivity index (χ1) is 8.75. The molecule has 0 aliphatic carbocycles. The largest absolute Gasteiger partial charge is 0.352 e. The molecule has 2 aromatic heterocycles. The molecule has 2 heterocycles. The minimum atomic E-state index is -0.123. The fourth-order valence-electron chi connectivity index (χ4n) is 1.43. The van der Waals surface area contributed by atoms with E-state index < -0.39 is 0 Å². The van der Waals surface area contributed by atoms with Crippen LogP contribution >= 0.6 is 15.9 Å². The summed E-state index contributed by atoms with van der Waals surface area (Å²) in [5.41, 5.74) is 0.546. The second-order valence-electron chi connectivity index (χ2n) is 3.66. The number of halogens is 1. The molecule has 0 radical (unpaired) electrons. The Morgan fingerprint density at radius 2 is 2.28 bits per heavy atom. The van der Waals surface area contributed by atoms with Crippen LogP contribution in [0, 0.1) is 0 Å². The zero-order chi connectivity index (χ0) is 12.8. The van der Waals surface area contributed by atoms with Gasteiger partial charge in [-0.1, -0.05) is 0 Å². The summed E-state index contributed by atoms with van der Waals surface area (Å²) in [5, 5.41) is 6.81. The molecule has 2 rings (SSSR count). The summed E-state index contributed by atoms with van der Waals surface area (Å²) in [4.78, 5) is 19.5. The summed E-state index contributed by atoms with van der Waals surface area (Å²) in [6.07, 6.45) is 7.13. The molecular formula is C11H12BrN5O. The lowest BCUT2D eigenvalue weighted by atomic mass is 10.2. The first kappa shape index (κ1) is 12.7. The predicted octanol–water partition coefficient (Wildman–Crippen LogP) is 1.26. The third kappa shape index (κ3) is 3.63. The van der Waals surface area contributed by atoms with Crippen molar-refractivity contribution in [1.82, 2.24) is 25.1 Å². The highest BCUT2D eigenvalue weighted by molar-refractivity contribution is 9.10. The number of nitrogens with one attached hydrogen (secondary N) is 1. The molecule has 2 aromatic rings. The molecule has 0 fully saturated rings. The van der Waals surface area contributed by atoms with Gasteiger partial charge in [-0.05, 0) is 28.4 Å². The maximum atomic E-state index is 11.8. The van der Waals surface area contributed by atoms with Gasteiger partial charge in [-0.25, -0.2) is 4.98 Å². The Balaban J connectivity index is 1.75. The summed E-state index contributed by atoms with van der Waals surface area (Å²) in [6, 6.07) is 1.74. The van der Waals surface area contributed by atoms with Crippen molar-refractivity contribution in [3.8, 4) is 0 Å². The summed E-state index contributed by atoms with van der Waals surface area (Å²) < 4.78 is 2.52. The monoisotopic (exact) mass is 309 g/mol. The van der Waals surface area contributed by atoms with Gasteiger partial charge in [0.05, 0.1) is 5.56 Å². The lowest BCUT2D eigenvalue weighted by Gasteiger charge is -2.05. The Morgan fingerprint density at radius 3 is 3.00 bits per heavy atom. The number of aryl methyl sites for hydroxylation is 1. The third-order valence-electron chi connectivity index (χ3n) is 2.28. The molecular weight excluding hydrogens is 298 g/mol. The molecule has 0 unspecified atom stereocenters. The third-order valence-corrected chi connectivity index (χ3v) is 2.72. The van der Waals surface area contributed by atoms with Gasteiger partial charge in [0.15, 0.2) is 0 Å². The average molecular weight is 310 g/mol. The van der Waals surface area contributed by atoms with Gasteiger partial charge in [0.2, 0.25) is 0 Å². The quantitative estimate of drug-likeness (QED) is 0.844. The molecule has 0 saturated carbocycles. The Bertz CT molecular complexity index is 514. The van der Waals surface area contributed by atoms with Gasteiger partial charge in [-0.2, -0.15) is 5.10 Å². The smallest absolute Gasteiger partial charge is 0.252 e. The van der Waals surface area contributed by atoms with Crippen molar-refractivity contribution < 1.29 is 4.79 Å². The number of carbonyl (C=O) groups excluding carboxylic acids is 1. The van der Waals surface area contributed by atoms with Crippen molar-refractivity contribution in [2.24, 2.45) is 0 Å². The van der Waals surface area contributed by atoms with Crippen molar-refractivity contribution in [3.05, 3.63) is 41.2 Å². The molecule has 0 aromatic carbocycles. The van der Waals surface area contributed by atoms with Crippen molar-refractivity contribution in [2.75, 3.05) is 6.54 Å². The van der Waals surface area contributed by atoms with Gasteiger partial charge in [-0.15, -0.1) is 0 Å². The summed E-state index contributed by atoms with van der Waals surface area (Å²) in [7, 11) is 0. The number of amides is 1. The van der Waals surface area contributed by atoms with Gasteiger partial charge in [-0.3, -0.25) is 14.5 Å². The van der Waals surface area contributed by atoms with Crippen molar-refractivity contribution in [2.45, 2.75) is 13.0 Å². The number of carbonyl (C=O) groups is 1. The van der Waals surface area contributed by atoms with Crippen LogP contribution in [0.25, 0.3) is 0 Å². The predicted molar refractivity (Wildman–Crippen MR) is 68.9 cm³/mol. The standard InChI is InChI=1S/C11H12BrN5O/c12-10-4-9(5-13-6-10)11(18)15-2-1-3-17-8-14-7-16-17/h4-8H,1-3H2,(H,15,18). The molecule has 6 nitrogen and oxygen atoms in total. The highest BCUT2D eigenvalue weighted by Crippen LogP contribution is 2.09. The summed E-state index contributed by atoms with van der Waals surface area (Å²) >= 11 is 3.28. The molecule has 7 heteroatoms. The molecule has 0 atom stereocenters. The van der Waals surface area contributed by atoms with Gasteiger partial charge in [0.1, 0.15) is 12.7 Å². The average Bonchev–Trinajstić information content (AvgIpc) is 2.87. The second kappa shape index (κ2) is 6.25. The number of pyridine rings is 1. The highest BCUT2D eigenvalue weighted by Gasteiger charge is 2.05. The van der Waals surface area contributed by atoms with Crippen molar-refractivity contribution >= 4 is 21.8 Å². The van der Waals surface area contributed by atoms with E-state index in [1.165, 1.54) is 12.5 Å².